The summed E-state index contributed by atoms with van der Waals surface area (Å²) < 4.78 is 10.7. The number of ether oxygens (including phenoxy) is 2. The van der Waals surface area contributed by atoms with Crippen molar-refractivity contribution in [3.05, 3.63) is 23.8 Å². The van der Waals surface area contributed by atoms with Crippen molar-refractivity contribution in [1.29, 1.82) is 0 Å². The van der Waals surface area contributed by atoms with E-state index < -0.39 is 0 Å². The SMILES string of the molecule is COc1ccc(CCNC(=O)CC[C@@H](C)[C@@H]2CC[C@@H]3[C@H]4[C@@H](CC[C@@]32C)[C@@]2(C)CC[C@@H](O)C[C@@H]2C[C@@H]4O)cc1OC. The molecular formula is C34H53NO5. The summed E-state index contributed by atoms with van der Waals surface area (Å²) in [6.07, 6.45) is 10.5. The summed E-state index contributed by atoms with van der Waals surface area (Å²) in [7, 11) is 3.27. The highest BCUT2D eigenvalue weighted by atomic mass is 16.5. The average molecular weight is 556 g/mol. The number of fused-ring (bicyclic) bond motifs is 5. The summed E-state index contributed by atoms with van der Waals surface area (Å²) in [6.45, 7) is 7.97. The number of rotatable bonds is 9. The van der Waals surface area contributed by atoms with Crippen LogP contribution in [0.5, 0.6) is 11.5 Å². The van der Waals surface area contributed by atoms with Crippen molar-refractivity contribution in [2.45, 2.75) is 104 Å². The minimum atomic E-state index is -0.233. The largest absolute Gasteiger partial charge is 0.493 e. The van der Waals surface area contributed by atoms with Gasteiger partial charge >= 0.3 is 0 Å². The molecule has 0 aromatic heterocycles. The zero-order chi connectivity index (χ0) is 28.7. The fourth-order valence-corrected chi connectivity index (χ4v) is 10.2. The molecule has 5 rings (SSSR count). The Morgan fingerprint density at radius 1 is 1.00 bits per heavy atom. The van der Waals surface area contributed by atoms with Crippen molar-refractivity contribution in [3.8, 4) is 11.5 Å². The highest BCUT2D eigenvalue weighted by Crippen LogP contribution is 2.68. The molecule has 4 aliphatic carbocycles. The Morgan fingerprint density at radius 2 is 1.73 bits per heavy atom. The first kappa shape index (κ1) is 29.7. The van der Waals surface area contributed by atoms with Crippen molar-refractivity contribution in [1.82, 2.24) is 5.32 Å². The fraction of sp³-hybridized carbons (Fsp3) is 0.794. The van der Waals surface area contributed by atoms with Gasteiger partial charge in [0.25, 0.3) is 0 Å². The average Bonchev–Trinajstić information content (AvgIpc) is 3.29. The summed E-state index contributed by atoms with van der Waals surface area (Å²) >= 11 is 0. The topological polar surface area (TPSA) is 88.0 Å². The maximum absolute atomic E-state index is 12.8. The van der Waals surface area contributed by atoms with Crippen LogP contribution in [-0.2, 0) is 11.2 Å². The monoisotopic (exact) mass is 555 g/mol. The number of benzene rings is 1. The number of aliphatic hydroxyl groups is 2. The van der Waals surface area contributed by atoms with E-state index in [4.69, 9.17) is 9.47 Å². The molecule has 0 bridgehead atoms. The lowest BCUT2D eigenvalue weighted by molar-refractivity contribution is -0.174. The highest BCUT2D eigenvalue weighted by molar-refractivity contribution is 5.75. The first-order valence-corrected chi connectivity index (χ1v) is 15.9. The number of hydrogen-bond acceptors (Lipinski definition) is 5. The first-order valence-electron chi connectivity index (χ1n) is 15.9. The van der Waals surface area contributed by atoms with E-state index in [0.717, 1.165) is 44.1 Å². The van der Waals surface area contributed by atoms with E-state index in [1.807, 2.05) is 18.2 Å². The zero-order valence-corrected chi connectivity index (χ0v) is 25.5. The van der Waals surface area contributed by atoms with E-state index in [2.05, 4.69) is 26.1 Å². The number of aliphatic hydroxyl groups excluding tert-OH is 2. The molecule has 0 spiro atoms. The molecule has 0 aliphatic heterocycles. The third-order valence-electron chi connectivity index (χ3n) is 12.4. The molecule has 0 heterocycles. The quantitative estimate of drug-likeness (QED) is 0.360. The first-order chi connectivity index (χ1) is 19.1. The molecule has 6 heteroatoms. The van der Waals surface area contributed by atoms with Crippen LogP contribution in [0.3, 0.4) is 0 Å². The third kappa shape index (κ3) is 5.40. The second-order valence-corrected chi connectivity index (χ2v) is 14.3. The van der Waals surface area contributed by atoms with E-state index in [9.17, 15) is 15.0 Å². The van der Waals surface area contributed by atoms with Crippen LogP contribution in [0.15, 0.2) is 18.2 Å². The minimum absolute atomic E-state index is 0.136. The van der Waals surface area contributed by atoms with Gasteiger partial charge in [-0.2, -0.15) is 0 Å². The zero-order valence-electron chi connectivity index (χ0n) is 25.5. The predicted molar refractivity (Wildman–Crippen MR) is 157 cm³/mol. The van der Waals surface area contributed by atoms with Crippen LogP contribution < -0.4 is 14.8 Å². The van der Waals surface area contributed by atoms with Gasteiger partial charge in [-0.3, -0.25) is 4.79 Å². The lowest BCUT2D eigenvalue weighted by atomic mass is 9.43. The molecule has 4 aliphatic rings. The van der Waals surface area contributed by atoms with Crippen molar-refractivity contribution < 1.29 is 24.5 Å². The molecular weight excluding hydrogens is 502 g/mol. The summed E-state index contributed by atoms with van der Waals surface area (Å²) in [5.41, 5.74) is 1.63. The maximum atomic E-state index is 12.8. The number of hydrogen-bond donors (Lipinski definition) is 3. The summed E-state index contributed by atoms with van der Waals surface area (Å²) in [5, 5.41) is 24.9. The smallest absolute Gasteiger partial charge is 0.220 e. The summed E-state index contributed by atoms with van der Waals surface area (Å²) in [4.78, 5) is 12.8. The van der Waals surface area contributed by atoms with Crippen molar-refractivity contribution >= 4 is 5.91 Å². The lowest BCUT2D eigenvalue weighted by Gasteiger charge is -2.62. The van der Waals surface area contributed by atoms with E-state index in [1.54, 1.807) is 14.2 Å². The Bertz CT molecular complexity index is 1050. The van der Waals surface area contributed by atoms with Crippen LogP contribution >= 0.6 is 0 Å². The molecule has 0 saturated heterocycles. The van der Waals surface area contributed by atoms with Gasteiger partial charge in [0.1, 0.15) is 0 Å². The van der Waals surface area contributed by atoms with Crippen molar-refractivity contribution in [3.63, 3.8) is 0 Å². The predicted octanol–water partition coefficient (Wildman–Crippen LogP) is 5.77. The number of methoxy groups -OCH3 is 2. The maximum Gasteiger partial charge on any atom is 0.220 e. The number of carbonyl (C=O) groups is 1. The van der Waals surface area contributed by atoms with Gasteiger partial charge in [-0.15, -0.1) is 0 Å². The summed E-state index contributed by atoms with van der Waals surface area (Å²) in [5.74, 6) is 4.69. The Labute approximate surface area is 241 Å². The molecule has 224 valence electrons. The molecule has 0 radical (unpaired) electrons. The van der Waals surface area contributed by atoms with Crippen LogP contribution in [0, 0.1) is 46.3 Å². The molecule has 4 fully saturated rings. The molecule has 0 unspecified atom stereocenters. The van der Waals surface area contributed by atoms with E-state index in [0.29, 0.717) is 60.0 Å². The fourth-order valence-electron chi connectivity index (χ4n) is 10.2. The number of amides is 1. The van der Waals surface area contributed by atoms with Crippen molar-refractivity contribution in [2.75, 3.05) is 20.8 Å². The van der Waals surface area contributed by atoms with E-state index in [1.165, 1.54) is 25.7 Å². The Morgan fingerprint density at radius 3 is 2.48 bits per heavy atom. The number of carbonyl (C=O) groups excluding carboxylic acids is 1. The van der Waals surface area contributed by atoms with Crippen molar-refractivity contribution in [2.24, 2.45) is 46.3 Å². The molecule has 4 saturated carbocycles. The molecule has 10 atom stereocenters. The van der Waals surface area contributed by atoms with E-state index >= 15 is 0 Å². The summed E-state index contributed by atoms with van der Waals surface area (Å²) in [6, 6.07) is 5.90. The third-order valence-corrected chi connectivity index (χ3v) is 12.4. The van der Waals surface area contributed by atoms with Crippen LogP contribution in [0.2, 0.25) is 0 Å². The Hall–Kier alpha value is -1.79. The second-order valence-electron chi connectivity index (χ2n) is 14.3. The standard InChI is InChI=1S/C34H53NO5/c1-21(6-11-31(38)35-17-14-22-7-10-29(39-4)30(18-22)40-5)25-8-9-26-32-27(13-16-34(25,26)3)33(2)15-12-24(36)19-23(33)20-28(32)37/h7,10,18,21,23-28,32,36-37H,6,8-9,11-17,19-20H2,1-5H3,(H,35,38)/t21-,23-,24-,25+,26-,27-,28+,32+,33+,34-/m1/s1. The lowest BCUT2D eigenvalue weighted by Crippen LogP contribution is -2.58. The number of nitrogens with one attached hydrogen (secondary N) is 1. The van der Waals surface area contributed by atoms with Crippen LogP contribution in [0.4, 0.5) is 0 Å². The van der Waals surface area contributed by atoms with Gasteiger partial charge in [-0.1, -0.05) is 26.8 Å². The molecule has 1 aromatic carbocycles. The van der Waals surface area contributed by atoms with Crippen LogP contribution in [0.25, 0.3) is 0 Å². The molecule has 6 nitrogen and oxygen atoms in total. The highest BCUT2D eigenvalue weighted by Gasteiger charge is 2.62. The second kappa shape index (κ2) is 11.8. The van der Waals surface area contributed by atoms with Gasteiger partial charge in [-0.25, -0.2) is 0 Å². The molecule has 3 N–H and O–H groups in total. The Kier molecular flexibility index (Phi) is 8.78. The van der Waals surface area contributed by atoms with Crippen LogP contribution in [-0.4, -0.2) is 49.1 Å². The van der Waals surface area contributed by atoms with Gasteiger partial charge in [-0.05, 0) is 128 Å². The molecule has 1 aromatic rings. The van der Waals surface area contributed by atoms with Gasteiger partial charge in [0, 0.05) is 13.0 Å². The minimum Gasteiger partial charge on any atom is -0.493 e. The van der Waals surface area contributed by atoms with Gasteiger partial charge in [0.2, 0.25) is 5.91 Å². The van der Waals surface area contributed by atoms with Gasteiger partial charge in [0.05, 0.1) is 26.4 Å². The normalized spacial score (nSPS) is 39.4. The molecule has 1 amide bonds. The van der Waals surface area contributed by atoms with Gasteiger partial charge < -0.3 is 25.0 Å². The van der Waals surface area contributed by atoms with Crippen LogP contribution in [0.1, 0.15) is 90.5 Å². The Balaban J connectivity index is 1.14. The van der Waals surface area contributed by atoms with Gasteiger partial charge in [0.15, 0.2) is 11.5 Å². The molecule has 40 heavy (non-hydrogen) atoms. The van der Waals surface area contributed by atoms with E-state index in [-0.39, 0.29) is 28.9 Å².